The molecular weight excluding hydrogens is 115 g/mol. The lowest BCUT2D eigenvalue weighted by Crippen LogP contribution is -2.01. The molecule has 0 aliphatic rings. The maximum absolute atomic E-state index is 9.08. The normalized spacial score (nSPS) is 8.40. The average molecular weight is 117 g/mol. The minimum atomic E-state index is -0.0583. The van der Waals surface area contributed by atoms with Gasteiger partial charge in [-0.15, -0.1) is 0 Å². The van der Waals surface area contributed by atoms with Crippen molar-refractivity contribution >= 4 is 11.6 Å². The van der Waals surface area contributed by atoms with Crippen molar-refractivity contribution in [1.29, 1.82) is 0 Å². The zero-order valence-electron chi connectivity index (χ0n) is 2.28. The Morgan fingerprint density at radius 2 is 2.60 bits per heavy atom. The maximum atomic E-state index is 9.08. The molecule has 0 aromatic rings. The monoisotopic (exact) mass is 116 g/mol. The molecule has 0 spiro atoms. The van der Waals surface area contributed by atoms with Crippen LogP contribution in [0.3, 0.4) is 0 Å². The molecule has 32 valence electrons. The van der Waals surface area contributed by atoms with Crippen molar-refractivity contribution in [2.24, 2.45) is 0 Å². The molecule has 5 heavy (non-hydrogen) atoms. The van der Waals surface area contributed by atoms with Gasteiger partial charge in [-0.3, -0.25) is 0 Å². The topological polar surface area (TPSA) is 32.3 Å². The van der Waals surface area contributed by atoms with Gasteiger partial charge >= 0.3 is 11.3 Å². The van der Waals surface area contributed by atoms with Gasteiger partial charge in [-0.25, -0.2) is 0 Å². The van der Waals surface area contributed by atoms with Crippen LogP contribution in [0.25, 0.3) is 0 Å². The lowest BCUT2D eigenvalue weighted by Gasteiger charge is -1.70. The van der Waals surface area contributed by atoms with E-state index in [-0.39, 0.29) is 6.07 Å². The van der Waals surface area contributed by atoms with E-state index in [0.29, 0.717) is 11.3 Å². The average Bonchev–Trinajstić information content (AvgIpc) is 1.41. The van der Waals surface area contributed by atoms with Crippen molar-refractivity contribution in [3.8, 4) is 0 Å². The Morgan fingerprint density at radius 1 is 2.00 bits per heavy atom. The van der Waals surface area contributed by atoms with Crippen LogP contribution in [-0.2, 0) is 4.29 Å². The number of hydrogen-bond acceptors (Lipinski definition) is 2. The third-order valence-electron chi connectivity index (χ3n) is 0.0858. The summed E-state index contributed by atoms with van der Waals surface area (Å²) in [5.41, 5.74) is 0. The van der Waals surface area contributed by atoms with E-state index in [1.54, 1.807) is 0 Å². The molecular formula is CH2Cl2O2. The number of rotatable bonds is 2. The number of alkyl halides is 1. The van der Waals surface area contributed by atoms with Gasteiger partial charge in [0.2, 0.25) is 0 Å². The maximum Gasteiger partial charge on any atom is 0.332 e. The summed E-state index contributed by atoms with van der Waals surface area (Å²) in [6.45, 7) is 0. The molecule has 2 nitrogen and oxygen atoms in total. The summed E-state index contributed by atoms with van der Waals surface area (Å²) in [5, 5.41) is 0. The quantitative estimate of drug-likeness (QED) is 0.455. The second kappa shape index (κ2) is 4.50. The molecule has 4 heteroatoms. The van der Waals surface area contributed by atoms with Crippen LogP contribution in [0, 0.1) is 11.3 Å². The summed E-state index contributed by atoms with van der Waals surface area (Å²) in [6.07, 6.45) is 0. The van der Waals surface area contributed by atoms with Crippen molar-refractivity contribution in [3.05, 3.63) is 0 Å². The summed E-state index contributed by atoms with van der Waals surface area (Å²) in [6, 6.07) is -0.0583. The van der Waals surface area contributed by atoms with Crippen LogP contribution < -0.4 is 4.66 Å². The summed E-state index contributed by atoms with van der Waals surface area (Å²) in [4.78, 5) is 0. The first-order valence-corrected chi connectivity index (χ1v) is 2.02. The van der Waals surface area contributed by atoms with Crippen LogP contribution in [0.1, 0.15) is 0 Å². The Kier molecular flexibility index (Phi) is 4.95. The van der Waals surface area contributed by atoms with Gasteiger partial charge in [0.1, 0.15) is 0 Å². The highest BCUT2D eigenvalue weighted by Crippen LogP contribution is 1.72. The third kappa shape index (κ3) is 4.50. The van der Waals surface area contributed by atoms with E-state index in [1.165, 1.54) is 0 Å². The lowest BCUT2D eigenvalue weighted by molar-refractivity contribution is -1.27. The van der Waals surface area contributed by atoms with E-state index in [2.05, 4.69) is 4.29 Å². The number of hydrogen-bond donors (Lipinski definition) is 0. The number of halogens is 2. The fraction of sp³-hybridized carbons (Fsp3) is 1.00. The van der Waals surface area contributed by atoms with Crippen molar-refractivity contribution in [2.45, 2.75) is 0 Å². The van der Waals surface area contributed by atoms with Gasteiger partial charge in [0.25, 0.3) is 0 Å². The molecule has 0 aromatic carbocycles. The first-order chi connectivity index (χ1) is 2.41. The molecule has 0 saturated carbocycles. The van der Waals surface area contributed by atoms with Crippen molar-refractivity contribution < 1.29 is 20.3 Å². The van der Waals surface area contributed by atoms with Crippen LogP contribution in [0.2, 0.25) is 0 Å². The molecule has 0 heterocycles. The molecule has 0 aromatic heterocycles. The zero-order chi connectivity index (χ0) is 4.12. The van der Waals surface area contributed by atoms with Crippen molar-refractivity contribution in [3.63, 3.8) is 0 Å². The predicted molar refractivity (Wildman–Crippen MR) is 11.8 cm³/mol. The second-order valence-electron chi connectivity index (χ2n) is 0.281. The van der Waals surface area contributed by atoms with Crippen LogP contribution in [0.4, 0.5) is 0 Å². The molecule has 0 N–H and O–H groups in total. The van der Waals surface area contributed by atoms with Gasteiger partial charge in [0.15, 0.2) is 6.07 Å². The smallest absolute Gasteiger partial charge is 0.332 e. The Bertz CT molecular complexity index is 15.1. The van der Waals surface area contributed by atoms with E-state index in [4.69, 9.17) is 16.3 Å². The molecule has 0 saturated heterocycles. The van der Waals surface area contributed by atoms with E-state index in [0.717, 1.165) is 0 Å². The standard InChI is InChI=1S/CH2Cl2O2/c2-1-5-3-4/h1H2. The summed E-state index contributed by atoms with van der Waals surface area (Å²) < 4.78 is 13.0. The van der Waals surface area contributed by atoms with Gasteiger partial charge in [-0.05, 0) is 0 Å². The Balaban J connectivity index is 2.19. The summed E-state index contributed by atoms with van der Waals surface area (Å²) >= 11 is 5.24. The molecule has 0 fully saturated rings. The van der Waals surface area contributed by atoms with E-state index in [1.807, 2.05) is 0 Å². The molecule has 0 rings (SSSR count). The first kappa shape index (κ1) is 5.50. The molecule has 0 bridgehead atoms. The fourth-order valence-electron chi connectivity index (χ4n) is 0.0168. The highest BCUT2D eigenvalue weighted by molar-refractivity contribution is 6.16. The van der Waals surface area contributed by atoms with Crippen LogP contribution in [-0.4, -0.2) is 6.07 Å². The van der Waals surface area contributed by atoms with E-state index < -0.39 is 0 Å². The fourth-order valence-corrected chi connectivity index (χ4v) is 0.152. The SMILES string of the molecule is [O-][Cl+]OCCl. The summed E-state index contributed by atoms with van der Waals surface area (Å²) in [7, 11) is 0. The second-order valence-corrected chi connectivity index (χ2v) is 0.844. The molecule has 0 radical (unpaired) electrons. The van der Waals surface area contributed by atoms with Crippen molar-refractivity contribution in [1.82, 2.24) is 0 Å². The molecule has 0 aliphatic heterocycles. The highest BCUT2D eigenvalue weighted by Gasteiger charge is 1.80. The minimum Gasteiger partial charge on any atom is -0.506 e. The molecule has 0 atom stereocenters. The zero-order valence-corrected chi connectivity index (χ0v) is 3.79. The van der Waals surface area contributed by atoms with Gasteiger partial charge in [0, 0.05) is 0 Å². The van der Waals surface area contributed by atoms with Crippen LogP contribution in [0.5, 0.6) is 0 Å². The Hall–Kier alpha value is 0.500. The van der Waals surface area contributed by atoms with E-state index in [9.17, 15) is 0 Å². The predicted octanol–water partition coefficient (Wildman–Crippen LogP) is -0.525. The molecule has 0 aliphatic carbocycles. The Morgan fingerprint density at radius 3 is 2.60 bits per heavy atom. The van der Waals surface area contributed by atoms with Crippen molar-refractivity contribution in [2.75, 3.05) is 6.07 Å². The Labute approximate surface area is 38.8 Å². The molecule has 0 unspecified atom stereocenters. The first-order valence-electron chi connectivity index (χ1n) is 0.865. The largest absolute Gasteiger partial charge is 0.506 e. The minimum absolute atomic E-state index is 0.0583. The highest BCUT2D eigenvalue weighted by atomic mass is 35.6. The van der Waals surface area contributed by atoms with E-state index >= 15 is 0 Å². The third-order valence-corrected chi connectivity index (χ3v) is 0.505. The van der Waals surface area contributed by atoms with Crippen LogP contribution >= 0.6 is 11.6 Å². The lowest BCUT2D eigenvalue weighted by atomic mass is 11.7. The molecule has 0 amide bonds. The van der Waals surface area contributed by atoms with Gasteiger partial charge in [-0.1, -0.05) is 15.9 Å². The van der Waals surface area contributed by atoms with Gasteiger partial charge in [0.05, 0.1) is 0 Å². The van der Waals surface area contributed by atoms with Gasteiger partial charge in [-0.2, -0.15) is 0 Å². The van der Waals surface area contributed by atoms with Gasteiger partial charge < -0.3 is 4.66 Å². The van der Waals surface area contributed by atoms with Crippen LogP contribution in [0.15, 0.2) is 0 Å². The summed E-state index contributed by atoms with van der Waals surface area (Å²) in [5.74, 6) is 0.